The zero-order valence-electron chi connectivity index (χ0n) is 16.6. The number of carbonyl (C=O) groups is 2. The Labute approximate surface area is 194 Å². The molecule has 0 aliphatic carbocycles. The average molecular weight is 513 g/mol. The van der Waals surface area contributed by atoms with E-state index < -0.39 is 5.63 Å². The fraction of sp³-hybridized carbons (Fsp3) is 0.136. The van der Waals surface area contributed by atoms with Crippen LogP contribution >= 0.6 is 27.3 Å². The van der Waals surface area contributed by atoms with Crippen LogP contribution in [-0.2, 0) is 16.1 Å². The average Bonchev–Trinajstić information content (AvgIpc) is 3.25. The Morgan fingerprint density at radius 1 is 1.09 bits per heavy atom. The van der Waals surface area contributed by atoms with Crippen molar-refractivity contribution in [3.05, 3.63) is 74.6 Å². The van der Waals surface area contributed by atoms with Gasteiger partial charge in [0.25, 0.3) is 0 Å². The van der Waals surface area contributed by atoms with E-state index in [0.717, 1.165) is 15.6 Å². The number of nitrogens with one attached hydrogen (secondary N) is 2. The molecule has 0 saturated heterocycles. The minimum atomic E-state index is -0.507. The molecule has 3 heterocycles. The third kappa shape index (κ3) is 5.45. The van der Waals surface area contributed by atoms with Crippen LogP contribution in [0.15, 0.2) is 67.7 Å². The van der Waals surface area contributed by atoms with Gasteiger partial charge in [0, 0.05) is 34.3 Å². The number of anilines is 1. The Morgan fingerprint density at radius 3 is 2.75 bits per heavy atom. The number of rotatable bonds is 7. The van der Waals surface area contributed by atoms with Gasteiger partial charge in [-0.3, -0.25) is 14.6 Å². The number of amides is 2. The molecule has 162 valence electrons. The van der Waals surface area contributed by atoms with Crippen molar-refractivity contribution in [1.29, 1.82) is 0 Å². The number of hydrogen-bond acceptors (Lipinski definition) is 7. The molecule has 4 aromatic rings. The van der Waals surface area contributed by atoms with Crippen LogP contribution in [0.4, 0.5) is 5.13 Å². The molecule has 0 unspecified atom stereocenters. The highest BCUT2D eigenvalue weighted by atomic mass is 79.9. The van der Waals surface area contributed by atoms with Crippen molar-refractivity contribution in [3.8, 4) is 11.3 Å². The van der Waals surface area contributed by atoms with E-state index in [-0.39, 0.29) is 24.7 Å². The largest absolute Gasteiger partial charge is 0.422 e. The van der Waals surface area contributed by atoms with Gasteiger partial charge >= 0.3 is 5.63 Å². The van der Waals surface area contributed by atoms with Crippen LogP contribution < -0.4 is 16.3 Å². The van der Waals surface area contributed by atoms with Gasteiger partial charge < -0.3 is 15.1 Å². The quantitative estimate of drug-likeness (QED) is 0.360. The molecule has 32 heavy (non-hydrogen) atoms. The predicted molar refractivity (Wildman–Crippen MR) is 125 cm³/mol. The lowest BCUT2D eigenvalue weighted by molar-refractivity contribution is -0.124. The fourth-order valence-electron chi connectivity index (χ4n) is 2.92. The summed E-state index contributed by atoms with van der Waals surface area (Å²) >= 11 is 4.59. The Morgan fingerprint density at radius 2 is 1.94 bits per heavy atom. The van der Waals surface area contributed by atoms with Crippen LogP contribution in [0, 0.1) is 0 Å². The van der Waals surface area contributed by atoms with Gasteiger partial charge in [-0.25, -0.2) is 9.78 Å². The topological polar surface area (TPSA) is 114 Å². The summed E-state index contributed by atoms with van der Waals surface area (Å²) in [4.78, 5) is 44.9. The third-order valence-corrected chi connectivity index (χ3v) is 5.74. The first kappa shape index (κ1) is 21.8. The predicted octanol–water partition coefficient (Wildman–Crippen LogP) is 4.11. The highest BCUT2D eigenvalue weighted by Crippen LogP contribution is 2.26. The highest BCUT2D eigenvalue weighted by Gasteiger charge is 2.14. The summed E-state index contributed by atoms with van der Waals surface area (Å²) < 4.78 is 6.23. The first-order chi connectivity index (χ1) is 15.5. The standard InChI is InChI=1S/C22H17BrN4O4S/c23-14-4-5-18-13(9-14)10-16(21(30)31-18)17-12-32-22(26-17)27-20(29)7-6-19(28)25-11-15-3-1-2-8-24-15/h1-5,8-10,12H,6-7,11H2,(H,25,28)(H,26,27,29). The van der Waals surface area contributed by atoms with E-state index in [1.807, 2.05) is 18.2 Å². The number of benzene rings is 1. The van der Waals surface area contributed by atoms with Gasteiger partial charge in [-0.2, -0.15) is 0 Å². The zero-order valence-corrected chi connectivity index (χ0v) is 19.0. The SMILES string of the molecule is O=C(CCC(=O)Nc1nc(-c2cc3cc(Br)ccc3oc2=O)cs1)NCc1ccccn1. The van der Waals surface area contributed by atoms with Gasteiger partial charge in [-0.1, -0.05) is 22.0 Å². The van der Waals surface area contributed by atoms with E-state index in [1.165, 1.54) is 11.3 Å². The van der Waals surface area contributed by atoms with E-state index in [4.69, 9.17) is 4.42 Å². The van der Waals surface area contributed by atoms with Gasteiger partial charge in [0.05, 0.1) is 23.5 Å². The maximum atomic E-state index is 12.3. The molecule has 2 amide bonds. The molecule has 10 heteroatoms. The molecular formula is C22H17BrN4O4S. The fourth-order valence-corrected chi connectivity index (χ4v) is 4.02. The van der Waals surface area contributed by atoms with E-state index in [0.29, 0.717) is 28.5 Å². The number of carbonyl (C=O) groups excluding carboxylic acids is 2. The summed E-state index contributed by atoms with van der Waals surface area (Å²) in [6, 6.07) is 12.5. The minimum Gasteiger partial charge on any atom is -0.422 e. The zero-order chi connectivity index (χ0) is 22.5. The molecule has 0 fully saturated rings. The second-order valence-corrected chi connectivity index (χ2v) is 8.59. The van der Waals surface area contributed by atoms with Crippen molar-refractivity contribution in [2.45, 2.75) is 19.4 Å². The van der Waals surface area contributed by atoms with Crippen molar-refractivity contribution in [3.63, 3.8) is 0 Å². The molecular weight excluding hydrogens is 496 g/mol. The van der Waals surface area contributed by atoms with Gasteiger partial charge in [-0.05, 0) is 36.4 Å². The number of aromatic nitrogens is 2. The summed E-state index contributed by atoms with van der Waals surface area (Å²) in [6.45, 7) is 0.308. The van der Waals surface area contributed by atoms with Crippen molar-refractivity contribution in [1.82, 2.24) is 15.3 Å². The Balaban J connectivity index is 1.34. The summed E-state index contributed by atoms with van der Waals surface area (Å²) in [6.07, 6.45) is 1.70. The van der Waals surface area contributed by atoms with Gasteiger partial charge in [0.15, 0.2) is 5.13 Å². The number of pyridine rings is 1. The maximum absolute atomic E-state index is 12.3. The Hall–Kier alpha value is -3.37. The van der Waals surface area contributed by atoms with Crippen LogP contribution in [0.5, 0.6) is 0 Å². The van der Waals surface area contributed by atoms with Gasteiger partial charge in [-0.15, -0.1) is 11.3 Å². The van der Waals surface area contributed by atoms with Crippen molar-refractivity contribution < 1.29 is 14.0 Å². The molecule has 2 N–H and O–H groups in total. The Bertz CT molecular complexity index is 1340. The van der Waals surface area contributed by atoms with E-state index in [1.54, 1.807) is 35.8 Å². The summed E-state index contributed by atoms with van der Waals surface area (Å²) in [5.74, 6) is -0.584. The Kier molecular flexibility index (Phi) is 6.72. The highest BCUT2D eigenvalue weighted by molar-refractivity contribution is 9.10. The lowest BCUT2D eigenvalue weighted by atomic mass is 10.1. The number of halogens is 1. The summed E-state index contributed by atoms with van der Waals surface area (Å²) in [5, 5.41) is 8.15. The lowest BCUT2D eigenvalue weighted by Gasteiger charge is -2.05. The molecule has 0 radical (unpaired) electrons. The van der Waals surface area contributed by atoms with Crippen LogP contribution in [0.1, 0.15) is 18.5 Å². The monoisotopic (exact) mass is 512 g/mol. The van der Waals surface area contributed by atoms with E-state index >= 15 is 0 Å². The third-order valence-electron chi connectivity index (χ3n) is 4.49. The molecule has 0 bridgehead atoms. The summed E-state index contributed by atoms with van der Waals surface area (Å²) in [5.41, 5.74) is 1.43. The van der Waals surface area contributed by atoms with Crippen LogP contribution in [0.2, 0.25) is 0 Å². The number of thiazole rings is 1. The molecule has 0 aliphatic heterocycles. The molecule has 8 nitrogen and oxygen atoms in total. The minimum absolute atomic E-state index is 0.00903. The smallest absolute Gasteiger partial charge is 0.345 e. The number of hydrogen-bond donors (Lipinski definition) is 2. The molecule has 0 aliphatic rings. The van der Waals surface area contributed by atoms with Crippen LogP contribution in [0.25, 0.3) is 22.2 Å². The second-order valence-electron chi connectivity index (χ2n) is 6.81. The molecule has 1 aromatic carbocycles. The molecule has 0 saturated carbocycles. The normalized spacial score (nSPS) is 10.8. The lowest BCUT2D eigenvalue weighted by Crippen LogP contribution is -2.24. The van der Waals surface area contributed by atoms with Crippen LogP contribution in [-0.4, -0.2) is 21.8 Å². The van der Waals surface area contributed by atoms with Gasteiger partial charge in [0.2, 0.25) is 11.8 Å². The van der Waals surface area contributed by atoms with Crippen molar-refractivity contribution in [2.75, 3.05) is 5.32 Å². The molecule has 0 spiro atoms. The van der Waals surface area contributed by atoms with Gasteiger partial charge in [0.1, 0.15) is 5.58 Å². The number of fused-ring (bicyclic) bond motifs is 1. The maximum Gasteiger partial charge on any atom is 0.345 e. The second kappa shape index (κ2) is 9.84. The first-order valence-corrected chi connectivity index (χ1v) is 11.3. The first-order valence-electron chi connectivity index (χ1n) is 9.64. The molecule has 0 atom stereocenters. The van der Waals surface area contributed by atoms with Crippen molar-refractivity contribution >= 4 is 55.2 Å². The number of nitrogens with zero attached hydrogens (tertiary/aromatic N) is 2. The molecule has 3 aromatic heterocycles. The molecule has 4 rings (SSSR count). The van der Waals surface area contributed by atoms with Crippen LogP contribution in [0.3, 0.4) is 0 Å². The summed E-state index contributed by atoms with van der Waals surface area (Å²) in [7, 11) is 0. The van der Waals surface area contributed by atoms with E-state index in [9.17, 15) is 14.4 Å². The van der Waals surface area contributed by atoms with E-state index in [2.05, 4.69) is 36.5 Å². The van der Waals surface area contributed by atoms with Crippen molar-refractivity contribution in [2.24, 2.45) is 0 Å².